The number of pyridine rings is 2. The summed E-state index contributed by atoms with van der Waals surface area (Å²) < 4.78 is 13.0. The van der Waals surface area contributed by atoms with Crippen LogP contribution in [-0.2, 0) is 6.54 Å². The maximum Gasteiger partial charge on any atom is 0.339 e. The smallest absolute Gasteiger partial charge is 0.339 e. The molecule has 0 saturated heterocycles. The van der Waals surface area contributed by atoms with Gasteiger partial charge in [0, 0.05) is 13.2 Å². The molecule has 0 radical (unpaired) electrons. The normalized spacial score (nSPS) is 10.2. The first-order valence-electron chi connectivity index (χ1n) is 5.58. The van der Waals surface area contributed by atoms with Crippen LogP contribution < -0.4 is 4.90 Å². The predicted molar refractivity (Wildman–Crippen MR) is 67.5 cm³/mol. The van der Waals surface area contributed by atoms with Crippen molar-refractivity contribution < 1.29 is 14.3 Å². The molecule has 0 amide bonds. The molecule has 0 spiro atoms. The van der Waals surface area contributed by atoms with Gasteiger partial charge in [0.1, 0.15) is 17.2 Å². The number of anilines is 1. The van der Waals surface area contributed by atoms with E-state index in [1.54, 1.807) is 24.2 Å². The lowest BCUT2D eigenvalue weighted by molar-refractivity contribution is 0.0696. The highest BCUT2D eigenvalue weighted by Gasteiger charge is 2.16. The minimum absolute atomic E-state index is 0.168. The molecule has 6 heteroatoms. The summed E-state index contributed by atoms with van der Waals surface area (Å²) in [6, 6.07) is 6.41. The monoisotopic (exact) mass is 261 g/mol. The molecule has 98 valence electrons. The molecule has 2 rings (SSSR count). The van der Waals surface area contributed by atoms with Crippen LogP contribution in [0.5, 0.6) is 0 Å². The van der Waals surface area contributed by atoms with Gasteiger partial charge in [-0.3, -0.25) is 4.98 Å². The molecule has 0 bridgehead atoms. The number of carboxylic acids is 1. The maximum absolute atomic E-state index is 13.0. The van der Waals surface area contributed by atoms with Crippen LogP contribution in [0.2, 0.25) is 0 Å². The molecule has 5 nitrogen and oxygen atoms in total. The van der Waals surface area contributed by atoms with Gasteiger partial charge < -0.3 is 10.0 Å². The molecule has 2 heterocycles. The van der Waals surface area contributed by atoms with Gasteiger partial charge in [-0.25, -0.2) is 14.2 Å². The molecule has 0 unspecified atom stereocenters. The van der Waals surface area contributed by atoms with Crippen molar-refractivity contribution in [2.24, 2.45) is 0 Å². The van der Waals surface area contributed by atoms with Gasteiger partial charge in [-0.2, -0.15) is 0 Å². The van der Waals surface area contributed by atoms with Crippen molar-refractivity contribution in [2.75, 3.05) is 11.9 Å². The Hall–Kier alpha value is -2.50. The first-order valence-corrected chi connectivity index (χ1v) is 5.58. The largest absolute Gasteiger partial charge is 0.478 e. The van der Waals surface area contributed by atoms with E-state index in [9.17, 15) is 9.18 Å². The van der Waals surface area contributed by atoms with Crippen LogP contribution >= 0.6 is 0 Å². The average molecular weight is 261 g/mol. The maximum atomic E-state index is 13.0. The molecule has 2 aromatic rings. The minimum atomic E-state index is -1.21. The first-order chi connectivity index (χ1) is 9.08. The Kier molecular flexibility index (Phi) is 3.70. The highest BCUT2D eigenvalue weighted by molar-refractivity contribution is 5.93. The van der Waals surface area contributed by atoms with Gasteiger partial charge in [0.05, 0.1) is 18.4 Å². The van der Waals surface area contributed by atoms with Crippen LogP contribution in [-0.4, -0.2) is 28.1 Å². The van der Waals surface area contributed by atoms with E-state index >= 15 is 0 Å². The predicted octanol–water partition coefficient (Wildman–Crippen LogP) is 1.95. The number of hydrogen-bond donors (Lipinski definition) is 1. The van der Waals surface area contributed by atoms with E-state index in [4.69, 9.17) is 5.11 Å². The van der Waals surface area contributed by atoms with Crippen molar-refractivity contribution in [3.8, 4) is 0 Å². The van der Waals surface area contributed by atoms with Gasteiger partial charge in [-0.15, -0.1) is 0 Å². The lowest BCUT2D eigenvalue weighted by Crippen LogP contribution is -2.21. The van der Waals surface area contributed by atoms with Crippen molar-refractivity contribution in [1.82, 2.24) is 9.97 Å². The van der Waals surface area contributed by atoms with Gasteiger partial charge in [-0.1, -0.05) is 6.07 Å². The molecule has 0 aromatic carbocycles. The number of nitrogens with zero attached hydrogens (tertiary/aromatic N) is 3. The number of hydrogen-bond acceptors (Lipinski definition) is 4. The van der Waals surface area contributed by atoms with E-state index in [0.717, 1.165) is 18.0 Å². The average Bonchev–Trinajstić information content (AvgIpc) is 2.39. The lowest BCUT2D eigenvalue weighted by Gasteiger charge is -2.19. The van der Waals surface area contributed by atoms with Crippen LogP contribution in [0.3, 0.4) is 0 Å². The van der Waals surface area contributed by atoms with E-state index < -0.39 is 11.8 Å². The number of halogens is 1. The zero-order valence-electron chi connectivity index (χ0n) is 10.2. The van der Waals surface area contributed by atoms with E-state index in [2.05, 4.69) is 9.97 Å². The van der Waals surface area contributed by atoms with Crippen LogP contribution in [0.1, 0.15) is 16.1 Å². The topological polar surface area (TPSA) is 66.3 Å². The van der Waals surface area contributed by atoms with Gasteiger partial charge in [0.25, 0.3) is 0 Å². The Bertz CT molecular complexity index is 590. The second kappa shape index (κ2) is 5.43. The Morgan fingerprint density at radius 2 is 2.21 bits per heavy atom. The SMILES string of the molecule is CN(Cc1ccccn1)c1ncc(F)cc1C(=O)O. The summed E-state index contributed by atoms with van der Waals surface area (Å²) in [7, 11) is 1.68. The van der Waals surface area contributed by atoms with Gasteiger partial charge in [-0.05, 0) is 18.2 Å². The Labute approximate surface area is 109 Å². The number of carboxylic acid groups (broad SMARTS) is 1. The molecular weight excluding hydrogens is 249 g/mol. The highest BCUT2D eigenvalue weighted by atomic mass is 19.1. The fourth-order valence-electron chi connectivity index (χ4n) is 1.70. The van der Waals surface area contributed by atoms with Crippen molar-refractivity contribution in [1.29, 1.82) is 0 Å². The number of aromatic nitrogens is 2. The number of aromatic carboxylic acids is 1. The van der Waals surface area contributed by atoms with Gasteiger partial charge in [0.15, 0.2) is 0 Å². The van der Waals surface area contributed by atoms with E-state index in [1.807, 2.05) is 12.1 Å². The second-order valence-electron chi connectivity index (χ2n) is 4.01. The number of carbonyl (C=O) groups is 1. The fourth-order valence-corrected chi connectivity index (χ4v) is 1.70. The summed E-state index contributed by atoms with van der Waals surface area (Å²) in [4.78, 5) is 20.7. The quantitative estimate of drug-likeness (QED) is 0.911. The molecule has 0 fully saturated rings. The highest BCUT2D eigenvalue weighted by Crippen LogP contribution is 2.18. The fraction of sp³-hybridized carbons (Fsp3) is 0.154. The third kappa shape index (κ3) is 3.04. The van der Waals surface area contributed by atoms with E-state index in [0.29, 0.717) is 6.54 Å². The molecule has 0 atom stereocenters. The first kappa shape index (κ1) is 12.9. The third-order valence-electron chi connectivity index (χ3n) is 2.55. The summed E-state index contributed by atoms with van der Waals surface area (Å²) in [5.41, 5.74) is 0.603. The molecule has 0 saturated carbocycles. The molecular formula is C13H12FN3O2. The van der Waals surface area contributed by atoms with E-state index in [-0.39, 0.29) is 11.4 Å². The van der Waals surface area contributed by atoms with Crippen molar-refractivity contribution in [3.63, 3.8) is 0 Å². The molecule has 0 aliphatic heterocycles. The van der Waals surface area contributed by atoms with Crippen molar-refractivity contribution >= 4 is 11.8 Å². The van der Waals surface area contributed by atoms with Crippen LogP contribution in [0, 0.1) is 5.82 Å². The summed E-state index contributed by atoms with van der Waals surface area (Å²) >= 11 is 0. The summed E-state index contributed by atoms with van der Waals surface area (Å²) in [6.07, 6.45) is 2.65. The zero-order chi connectivity index (χ0) is 13.8. The second-order valence-corrected chi connectivity index (χ2v) is 4.01. The third-order valence-corrected chi connectivity index (χ3v) is 2.55. The zero-order valence-corrected chi connectivity index (χ0v) is 10.2. The molecule has 19 heavy (non-hydrogen) atoms. The van der Waals surface area contributed by atoms with E-state index in [1.165, 1.54) is 0 Å². The Morgan fingerprint density at radius 1 is 1.42 bits per heavy atom. The van der Waals surface area contributed by atoms with Crippen molar-refractivity contribution in [3.05, 3.63) is 53.7 Å². The molecule has 0 aliphatic rings. The van der Waals surface area contributed by atoms with Crippen molar-refractivity contribution in [2.45, 2.75) is 6.54 Å². The Morgan fingerprint density at radius 3 is 2.84 bits per heavy atom. The minimum Gasteiger partial charge on any atom is -0.478 e. The van der Waals surface area contributed by atoms with Crippen LogP contribution in [0.15, 0.2) is 36.7 Å². The standard InChI is InChI=1S/C13H12FN3O2/c1-17(8-10-4-2-3-5-15-10)12-11(13(18)19)6-9(14)7-16-12/h2-7H,8H2,1H3,(H,18,19). The summed E-state index contributed by atoms with van der Waals surface area (Å²) in [6.45, 7) is 0.389. The summed E-state index contributed by atoms with van der Waals surface area (Å²) in [5, 5.41) is 9.06. The van der Waals surface area contributed by atoms with Crippen LogP contribution in [0.4, 0.5) is 10.2 Å². The lowest BCUT2D eigenvalue weighted by atomic mass is 10.2. The van der Waals surface area contributed by atoms with Gasteiger partial charge in [0.2, 0.25) is 0 Å². The summed E-state index contributed by atoms with van der Waals surface area (Å²) in [5.74, 6) is -1.68. The van der Waals surface area contributed by atoms with Crippen LogP contribution in [0.25, 0.3) is 0 Å². The molecule has 0 aliphatic carbocycles. The number of rotatable bonds is 4. The molecule has 2 aromatic heterocycles. The Balaban J connectivity index is 2.28. The molecule has 1 N–H and O–H groups in total. The van der Waals surface area contributed by atoms with Gasteiger partial charge >= 0.3 is 5.97 Å².